The lowest BCUT2D eigenvalue weighted by Gasteiger charge is -2.18. The number of hydrogen-bond donors (Lipinski definition) is 0. The largest absolute Gasteiger partial charge is 0.462 e. The molecule has 0 saturated carbocycles. The van der Waals surface area contributed by atoms with Crippen molar-refractivity contribution < 1.29 is 28.6 Å². The van der Waals surface area contributed by atoms with Crippen LogP contribution in [0, 0.1) is 0 Å². The standard InChI is InChI=1S/C75H118O6/c1-4-7-10-13-16-19-22-25-27-29-30-31-32-33-34-35-36-37-38-39-40-41-42-43-44-46-47-50-53-56-59-62-65-68-74(77)80-71-72(70-79-73(76)67-64-61-58-55-52-49-24-21-18-15-12-9-6-3)81-75(78)69-66-63-60-57-54-51-48-45-28-26-23-20-17-14-11-8-5-2/h7,9-10,12,16,18-19,21,25-28,30-31,33-34,36-37,39-40,42-43,46-47,49,52,58,61,72H,4-6,8,11,13-15,17,20,22-24,29,32,35,38,41,44-45,48,50-51,53-57,59-60,62-71H2,1-3H3/b10-7-,12-9-,19-16-,21-18-,27-25-,28-26-,31-30-,34-33-,37-36-,40-39-,43-42-,47-46-,52-49-,61-58-. The smallest absolute Gasteiger partial charge is 0.306 e. The van der Waals surface area contributed by atoms with Crippen LogP contribution in [0.25, 0.3) is 0 Å². The molecule has 6 nitrogen and oxygen atoms in total. The molecule has 0 saturated heterocycles. The van der Waals surface area contributed by atoms with E-state index in [1.807, 2.05) is 12.2 Å². The molecule has 0 aliphatic heterocycles. The van der Waals surface area contributed by atoms with Crippen LogP contribution in [-0.4, -0.2) is 37.2 Å². The molecule has 6 heteroatoms. The molecule has 0 aromatic carbocycles. The highest BCUT2D eigenvalue weighted by Crippen LogP contribution is 2.14. The molecule has 81 heavy (non-hydrogen) atoms. The van der Waals surface area contributed by atoms with E-state index in [1.54, 1.807) is 0 Å². The average molecular weight is 1120 g/mol. The summed E-state index contributed by atoms with van der Waals surface area (Å²) in [7, 11) is 0. The van der Waals surface area contributed by atoms with Crippen molar-refractivity contribution in [3.8, 4) is 0 Å². The van der Waals surface area contributed by atoms with E-state index in [4.69, 9.17) is 14.2 Å². The van der Waals surface area contributed by atoms with Gasteiger partial charge in [0.05, 0.1) is 0 Å². The van der Waals surface area contributed by atoms with Crippen LogP contribution in [0.15, 0.2) is 170 Å². The molecule has 0 fully saturated rings. The Balaban J connectivity index is 4.39. The third-order valence-electron chi connectivity index (χ3n) is 13.2. The third-order valence-corrected chi connectivity index (χ3v) is 13.2. The normalized spacial score (nSPS) is 13.3. The van der Waals surface area contributed by atoms with Crippen molar-refractivity contribution >= 4 is 17.9 Å². The monoisotopic (exact) mass is 1110 g/mol. The first-order valence-corrected chi connectivity index (χ1v) is 32.6. The molecular weight excluding hydrogens is 997 g/mol. The number of hydrogen-bond acceptors (Lipinski definition) is 6. The SMILES string of the molecule is CC/C=C\C/C=C\C/C=C\C/C=C\C/C=C\C/C=C\C/C=C\C/C=C\C/C=C\CCCCCCCC(=O)OCC(COC(=O)CC/C=C\C/C=C\C/C=C\C/C=C\CC)OC(=O)CCCCCCCCC/C=C\CCCCCCCC. The third kappa shape index (κ3) is 65.5. The van der Waals surface area contributed by atoms with E-state index < -0.39 is 6.10 Å². The maximum absolute atomic E-state index is 12.9. The van der Waals surface area contributed by atoms with Crippen LogP contribution >= 0.6 is 0 Å². The second-order valence-corrected chi connectivity index (χ2v) is 20.9. The zero-order chi connectivity index (χ0) is 58.5. The lowest BCUT2D eigenvalue weighted by molar-refractivity contribution is -0.166. The quantitative estimate of drug-likeness (QED) is 0.0261. The van der Waals surface area contributed by atoms with Gasteiger partial charge in [0, 0.05) is 19.3 Å². The number of rotatable bonds is 57. The fraction of sp³-hybridized carbons (Fsp3) is 0.587. The minimum absolute atomic E-state index is 0.119. The van der Waals surface area contributed by atoms with Crippen molar-refractivity contribution in [1.82, 2.24) is 0 Å². The Morgan fingerprint density at radius 2 is 0.506 bits per heavy atom. The zero-order valence-corrected chi connectivity index (χ0v) is 52.0. The molecule has 0 aliphatic carbocycles. The van der Waals surface area contributed by atoms with Gasteiger partial charge in [0.1, 0.15) is 13.2 Å². The second-order valence-electron chi connectivity index (χ2n) is 20.9. The molecule has 0 heterocycles. The van der Waals surface area contributed by atoms with Gasteiger partial charge in [-0.1, -0.05) is 274 Å². The van der Waals surface area contributed by atoms with Gasteiger partial charge in [0.25, 0.3) is 0 Å². The molecule has 0 aromatic heterocycles. The molecule has 0 radical (unpaired) electrons. The fourth-order valence-corrected chi connectivity index (χ4v) is 8.38. The van der Waals surface area contributed by atoms with E-state index in [2.05, 4.69) is 179 Å². The number of allylic oxidation sites excluding steroid dienone is 28. The van der Waals surface area contributed by atoms with Crippen molar-refractivity contribution in [2.45, 2.75) is 271 Å². The second kappa shape index (κ2) is 67.3. The number of unbranched alkanes of at least 4 members (excludes halogenated alkanes) is 18. The van der Waals surface area contributed by atoms with Gasteiger partial charge >= 0.3 is 17.9 Å². The van der Waals surface area contributed by atoms with E-state index in [0.717, 1.165) is 141 Å². The Hall–Kier alpha value is -5.23. The number of carbonyl (C=O) groups is 3. The van der Waals surface area contributed by atoms with Crippen LogP contribution in [0.1, 0.15) is 265 Å². The van der Waals surface area contributed by atoms with Gasteiger partial charge in [0.2, 0.25) is 0 Å². The van der Waals surface area contributed by atoms with Crippen LogP contribution in [0.5, 0.6) is 0 Å². The highest BCUT2D eigenvalue weighted by Gasteiger charge is 2.19. The summed E-state index contributed by atoms with van der Waals surface area (Å²) in [4.78, 5) is 38.2. The maximum atomic E-state index is 12.9. The predicted molar refractivity (Wildman–Crippen MR) is 352 cm³/mol. The molecule has 1 atom stereocenters. The summed E-state index contributed by atoms with van der Waals surface area (Å²) in [5.41, 5.74) is 0. The van der Waals surface area contributed by atoms with Crippen molar-refractivity contribution in [3.05, 3.63) is 170 Å². The minimum Gasteiger partial charge on any atom is -0.462 e. The van der Waals surface area contributed by atoms with Crippen LogP contribution < -0.4 is 0 Å². The predicted octanol–water partition coefficient (Wildman–Crippen LogP) is 22.7. The molecule has 0 aromatic rings. The average Bonchev–Trinajstić information content (AvgIpc) is 3.46. The Kier molecular flexibility index (Phi) is 62.9. The summed E-state index contributed by atoms with van der Waals surface area (Å²) in [6, 6.07) is 0. The number of carbonyl (C=O) groups excluding carboxylic acids is 3. The molecule has 0 spiro atoms. The molecule has 1 unspecified atom stereocenters. The summed E-state index contributed by atoms with van der Waals surface area (Å²) in [5.74, 6) is -1.03. The van der Waals surface area contributed by atoms with Gasteiger partial charge in [0.15, 0.2) is 6.10 Å². The Labute approximate surface area is 498 Å². The van der Waals surface area contributed by atoms with E-state index >= 15 is 0 Å². The first-order chi connectivity index (χ1) is 40.0. The maximum Gasteiger partial charge on any atom is 0.306 e. The molecule has 0 N–H and O–H groups in total. The first kappa shape index (κ1) is 75.8. The molecule has 454 valence electrons. The number of ether oxygens (including phenoxy) is 3. The van der Waals surface area contributed by atoms with E-state index in [-0.39, 0.29) is 37.5 Å². The van der Waals surface area contributed by atoms with Gasteiger partial charge in [-0.25, -0.2) is 0 Å². The first-order valence-electron chi connectivity index (χ1n) is 32.6. The topological polar surface area (TPSA) is 78.9 Å². The van der Waals surface area contributed by atoms with Crippen LogP contribution in [0.4, 0.5) is 0 Å². The van der Waals surface area contributed by atoms with Crippen LogP contribution in [-0.2, 0) is 28.6 Å². The van der Waals surface area contributed by atoms with Gasteiger partial charge in [-0.3, -0.25) is 14.4 Å². The van der Waals surface area contributed by atoms with Gasteiger partial charge < -0.3 is 14.2 Å². The minimum atomic E-state index is -0.826. The van der Waals surface area contributed by atoms with Crippen molar-refractivity contribution in [1.29, 1.82) is 0 Å². The highest BCUT2D eigenvalue weighted by atomic mass is 16.6. The molecule has 0 rings (SSSR count). The Morgan fingerprint density at radius 1 is 0.259 bits per heavy atom. The lowest BCUT2D eigenvalue weighted by atomic mass is 10.1. The van der Waals surface area contributed by atoms with Gasteiger partial charge in [-0.05, 0) is 141 Å². The fourth-order valence-electron chi connectivity index (χ4n) is 8.38. The number of esters is 3. The highest BCUT2D eigenvalue weighted by molar-refractivity contribution is 5.71. The summed E-state index contributed by atoms with van der Waals surface area (Å²) >= 11 is 0. The van der Waals surface area contributed by atoms with Gasteiger partial charge in [-0.15, -0.1) is 0 Å². The molecule has 0 aliphatic rings. The Bertz CT molecular complexity index is 1860. The zero-order valence-electron chi connectivity index (χ0n) is 52.0. The van der Waals surface area contributed by atoms with E-state index in [0.29, 0.717) is 19.3 Å². The summed E-state index contributed by atoms with van der Waals surface area (Å²) in [6.07, 6.45) is 99.5. The van der Waals surface area contributed by atoms with E-state index in [1.165, 1.54) is 77.0 Å². The van der Waals surface area contributed by atoms with Gasteiger partial charge in [-0.2, -0.15) is 0 Å². The Morgan fingerprint density at radius 3 is 0.840 bits per heavy atom. The molecule has 0 bridgehead atoms. The van der Waals surface area contributed by atoms with E-state index in [9.17, 15) is 14.4 Å². The van der Waals surface area contributed by atoms with Crippen molar-refractivity contribution in [3.63, 3.8) is 0 Å². The molecule has 0 amide bonds. The summed E-state index contributed by atoms with van der Waals surface area (Å²) in [5, 5.41) is 0. The summed E-state index contributed by atoms with van der Waals surface area (Å²) in [6.45, 7) is 6.32. The van der Waals surface area contributed by atoms with Crippen LogP contribution in [0.2, 0.25) is 0 Å². The van der Waals surface area contributed by atoms with Crippen molar-refractivity contribution in [2.75, 3.05) is 13.2 Å². The van der Waals surface area contributed by atoms with Crippen LogP contribution in [0.3, 0.4) is 0 Å². The molecular formula is C75H118O6. The lowest BCUT2D eigenvalue weighted by Crippen LogP contribution is -2.30. The van der Waals surface area contributed by atoms with Crippen molar-refractivity contribution in [2.24, 2.45) is 0 Å². The summed E-state index contributed by atoms with van der Waals surface area (Å²) < 4.78 is 16.8.